The number of unbranched alkanes of at least 4 members (excludes halogenated alkanes) is 4. The fourth-order valence-electron chi connectivity index (χ4n) is 1.46. The zero-order chi connectivity index (χ0) is 11.7. The normalized spacial score (nSPS) is 13.1. The SMILES string of the molecule is CCCCCCCOC(C(=O)O)C(C)C. The first-order valence-corrected chi connectivity index (χ1v) is 5.94. The lowest BCUT2D eigenvalue weighted by Gasteiger charge is -2.16. The highest BCUT2D eigenvalue weighted by Crippen LogP contribution is 2.09. The monoisotopic (exact) mass is 216 g/mol. The van der Waals surface area contributed by atoms with Gasteiger partial charge in [-0.3, -0.25) is 0 Å². The van der Waals surface area contributed by atoms with E-state index in [4.69, 9.17) is 9.84 Å². The van der Waals surface area contributed by atoms with E-state index < -0.39 is 12.1 Å². The third kappa shape index (κ3) is 7.37. The summed E-state index contributed by atoms with van der Waals surface area (Å²) in [5.41, 5.74) is 0. The van der Waals surface area contributed by atoms with Gasteiger partial charge < -0.3 is 9.84 Å². The largest absolute Gasteiger partial charge is 0.479 e. The van der Waals surface area contributed by atoms with Gasteiger partial charge in [-0.1, -0.05) is 46.5 Å². The summed E-state index contributed by atoms with van der Waals surface area (Å²) in [6, 6.07) is 0. The quantitative estimate of drug-likeness (QED) is 0.602. The second-order valence-corrected chi connectivity index (χ2v) is 4.29. The molecular formula is C12H24O3. The lowest BCUT2D eigenvalue weighted by Crippen LogP contribution is -2.29. The molecule has 0 aromatic rings. The summed E-state index contributed by atoms with van der Waals surface area (Å²) in [6.07, 6.45) is 5.17. The van der Waals surface area contributed by atoms with Gasteiger partial charge in [0.1, 0.15) is 0 Å². The molecule has 0 saturated heterocycles. The van der Waals surface area contributed by atoms with Crippen molar-refractivity contribution in [2.75, 3.05) is 6.61 Å². The summed E-state index contributed by atoms with van der Waals surface area (Å²) in [7, 11) is 0. The zero-order valence-electron chi connectivity index (χ0n) is 10.2. The van der Waals surface area contributed by atoms with E-state index in [-0.39, 0.29) is 5.92 Å². The van der Waals surface area contributed by atoms with E-state index in [0.29, 0.717) is 6.61 Å². The molecule has 0 radical (unpaired) electrons. The van der Waals surface area contributed by atoms with E-state index in [2.05, 4.69) is 6.92 Å². The van der Waals surface area contributed by atoms with Crippen molar-refractivity contribution in [3.05, 3.63) is 0 Å². The van der Waals surface area contributed by atoms with Crippen molar-refractivity contribution in [1.82, 2.24) is 0 Å². The Bertz CT molecular complexity index is 166. The topological polar surface area (TPSA) is 46.5 Å². The van der Waals surface area contributed by atoms with Crippen LogP contribution in [0.1, 0.15) is 52.9 Å². The number of rotatable bonds is 9. The van der Waals surface area contributed by atoms with E-state index in [9.17, 15) is 4.79 Å². The van der Waals surface area contributed by atoms with Crippen LogP contribution in [-0.4, -0.2) is 23.8 Å². The summed E-state index contributed by atoms with van der Waals surface area (Å²) in [5.74, 6) is -0.809. The van der Waals surface area contributed by atoms with Gasteiger partial charge in [0, 0.05) is 6.61 Å². The highest BCUT2D eigenvalue weighted by atomic mass is 16.5. The molecule has 90 valence electrons. The Morgan fingerprint density at radius 1 is 1.20 bits per heavy atom. The third-order valence-electron chi connectivity index (χ3n) is 2.39. The van der Waals surface area contributed by atoms with Crippen molar-refractivity contribution in [2.45, 2.75) is 59.0 Å². The van der Waals surface area contributed by atoms with Crippen molar-refractivity contribution in [1.29, 1.82) is 0 Å². The minimum absolute atomic E-state index is 0.0399. The molecule has 0 aliphatic heterocycles. The van der Waals surface area contributed by atoms with Crippen LogP contribution in [0.25, 0.3) is 0 Å². The van der Waals surface area contributed by atoms with Gasteiger partial charge >= 0.3 is 5.97 Å². The molecule has 0 aliphatic rings. The van der Waals surface area contributed by atoms with E-state index in [0.717, 1.165) is 12.8 Å². The fraction of sp³-hybridized carbons (Fsp3) is 0.917. The summed E-state index contributed by atoms with van der Waals surface area (Å²) >= 11 is 0. The maximum absolute atomic E-state index is 10.8. The van der Waals surface area contributed by atoms with Crippen LogP contribution in [-0.2, 0) is 9.53 Å². The van der Waals surface area contributed by atoms with Crippen molar-refractivity contribution in [2.24, 2.45) is 5.92 Å². The standard InChI is InChI=1S/C12H24O3/c1-4-5-6-7-8-9-15-11(10(2)3)12(13)14/h10-11H,4-9H2,1-3H3,(H,13,14). The predicted molar refractivity (Wildman–Crippen MR) is 61.0 cm³/mol. The second-order valence-electron chi connectivity index (χ2n) is 4.29. The number of carbonyl (C=O) groups is 1. The average Bonchev–Trinajstić information content (AvgIpc) is 2.15. The molecule has 0 rings (SSSR count). The van der Waals surface area contributed by atoms with E-state index in [1.165, 1.54) is 19.3 Å². The average molecular weight is 216 g/mol. The Kier molecular flexibility index (Phi) is 8.38. The van der Waals surface area contributed by atoms with Gasteiger partial charge in [-0.2, -0.15) is 0 Å². The van der Waals surface area contributed by atoms with Gasteiger partial charge in [-0.05, 0) is 12.3 Å². The van der Waals surface area contributed by atoms with Crippen molar-refractivity contribution >= 4 is 5.97 Å². The molecule has 0 heterocycles. The molecule has 1 atom stereocenters. The third-order valence-corrected chi connectivity index (χ3v) is 2.39. The summed E-state index contributed by atoms with van der Waals surface area (Å²) in [5, 5.41) is 8.86. The summed E-state index contributed by atoms with van der Waals surface area (Å²) < 4.78 is 5.35. The Morgan fingerprint density at radius 2 is 1.80 bits per heavy atom. The van der Waals surface area contributed by atoms with Gasteiger partial charge in [-0.15, -0.1) is 0 Å². The Hall–Kier alpha value is -0.570. The number of carboxylic acid groups (broad SMARTS) is 1. The van der Waals surface area contributed by atoms with Crippen LogP contribution >= 0.6 is 0 Å². The second kappa shape index (κ2) is 8.72. The summed E-state index contributed by atoms with van der Waals surface area (Å²) in [6.45, 7) is 6.49. The van der Waals surface area contributed by atoms with Gasteiger partial charge in [-0.25, -0.2) is 4.79 Å². The number of hydrogen-bond donors (Lipinski definition) is 1. The minimum Gasteiger partial charge on any atom is -0.479 e. The smallest absolute Gasteiger partial charge is 0.333 e. The number of hydrogen-bond acceptors (Lipinski definition) is 2. The first-order valence-electron chi connectivity index (χ1n) is 5.94. The Labute approximate surface area is 92.8 Å². The lowest BCUT2D eigenvalue weighted by atomic mass is 10.1. The first-order chi connectivity index (χ1) is 7.09. The molecule has 0 aromatic heterocycles. The maximum atomic E-state index is 10.8. The molecule has 1 unspecified atom stereocenters. The highest BCUT2D eigenvalue weighted by Gasteiger charge is 2.21. The van der Waals surface area contributed by atoms with E-state index >= 15 is 0 Å². The minimum atomic E-state index is -0.849. The molecule has 3 heteroatoms. The molecule has 0 saturated carbocycles. The molecule has 1 N–H and O–H groups in total. The van der Waals surface area contributed by atoms with Crippen LogP contribution in [0.2, 0.25) is 0 Å². The molecule has 15 heavy (non-hydrogen) atoms. The molecule has 0 aliphatic carbocycles. The van der Waals surface area contributed by atoms with Gasteiger partial charge in [0.15, 0.2) is 6.10 Å². The molecule has 3 nitrogen and oxygen atoms in total. The van der Waals surface area contributed by atoms with Crippen molar-refractivity contribution in [3.63, 3.8) is 0 Å². The van der Waals surface area contributed by atoms with Crippen molar-refractivity contribution < 1.29 is 14.6 Å². The van der Waals surface area contributed by atoms with Crippen LogP contribution < -0.4 is 0 Å². The first kappa shape index (κ1) is 14.4. The van der Waals surface area contributed by atoms with E-state index in [1.54, 1.807) is 0 Å². The fourth-order valence-corrected chi connectivity index (χ4v) is 1.46. The summed E-state index contributed by atoms with van der Waals surface area (Å²) in [4.78, 5) is 10.8. The molecule has 0 spiro atoms. The Morgan fingerprint density at radius 3 is 2.27 bits per heavy atom. The zero-order valence-corrected chi connectivity index (χ0v) is 10.2. The van der Waals surface area contributed by atoms with Crippen LogP contribution in [0.3, 0.4) is 0 Å². The van der Waals surface area contributed by atoms with Gasteiger partial charge in [0.2, 0.25) is 0 Å². The van der Waals surface area contributed by atoms with Crippen LogP contribution in [0, 0.1) is 5.92 Å². The number of ether oxygens (including phenoxy) is 1. The molecular weight excluding hydrogens is 192 g/mol. The maximum Gasteiger partial charge on any atom is 0.333 e. The molecule has 0 bridgehead atoms. The van der Waals surface area contributed by atoms with Crippen molar-refractivity contribution in [3.8, 4) is 0 Å². The van der Waals surface area contributed by atoms with Crippen LogP contribution in [0.5, 0.6) is 0 Å². The predicted octanol–water partition coefficient (Wildman–Crippen LogP) is 3.08. The molecule has 0 aromatic carbocycles. The van der Waals surface area contributed by atoms with E-state index in [1.807, 2.05) is 13.8 Å². The van der Waals surface area contributed by atoms with Crippen LogP contribution in [0.15, 0.2) is 0 Å². The highest BCUT2D eigenvalue weighted by molar-refractivity contribution is 5.72. The molecule has 0 fully saturated rings. The van der Waals surface area contributed by atoms with Gasteiger partial charge in [0.25, 0.3) is 0 Å². The number of aliphatic carboxylic acids is 1. The molecule has 0 amide bonds. The lowest BCUT2D eigenvalue weighted by molar-refractivity contribution is -0.153. The number of carboxylic acids is 1. The van der Waals surface area contributed by atoms with Crippen LogP contribution in [0.4, 0.5) is 0 Å². The Balaban J connectivity index is 3.50. The van der Waals surface area contributed by atoms with Gasteiger partial charge in [0.05, 0.1) is 0 Å².